The summed E-state index contributed by atoms with van der Waals surface area (Å²) >= 11 is 0. The molecule has 3 nitrogen and oxygen atoms in total. The van der Waals surface area contributed by atoms with Gasteiger partial charge >= 0.3 is 5.97 Å². The van der Waals surface area contributed by atoms with E-state index < -0.39 is 11.0 Å². The third-order valence-corrected chi connectivity index (χ3v) is 12.8. The van der Waals surface area contributed by atoms with E-state index in [0.29, 0.717) is 16.7 Å². The fraction of sp³-hybridized carbons (Fsp3) is 0.906. The summed E-state index contributed by atoms with van der Waals surface area (Å²) in [5.41, 5.74) is 1.13. The Morgan fingerprint density at radius 3 is 2.23 bits per heavy atom. The van der Waals surface area contributed by atoms with Crippen LogP contribution in [0.25, 0.3) is 0 Å². The van der Waals surface area contributed by atoms with E-state index in [9.17, 15) is 9.90 Å². The quantitative estimate of drug-likeness (QED) is 0.315. The summed E-state index contributed by atoms with van der Waals surface area (Å²) in [6, 6.07) is 0. The molecule has 0 heterocycles. The highest BCUT2D eigenvalue weighted by Crippen LogP contribution is 2.76. The molecular formula is C32H54O3. The van der Waals surface area contributed by atoms with Crippen molar-refractivity contribution in [3.8, 4) is 0 Å². The first-order valence-corrected chi connectivity index (χ1v) is 14.7. The summed E-state index contributed by atoms with van der Waals surface area (Å²) in [5, 5.41) is 12.4. The van der Waals surface area contributed by atoms with E-state index in [2.05, 4.69) is 61.5 Å². The van der Waals surface area contributed by atoms with Gasteiger partial charge < -0.3 is 9.84 Å². The van der Waals surface area contributed by atoms with Crippen LogP contribution in [-0.4, -0.2) is 22.8 Å². The van der Waals surface area contributed by atoms with Crippen LogP contribution in [-0.2, 0) is 9.53 Å². The average Bonchev–Trinajstić information content (AvgIpc) is 3.02. The lowest BCUT2D eigenvalue weighted by Crippen LogP contribution is -2.70. The van der Waals surface area contributed by atoms with Crippen LogP contribution >= 0.6 is 0 Å². The normalized spacial score (nSPS) is 47.1. The molecule has 35 heavy (non-hydrogen) atoms. The number of rotatable bonds is 5. The van der Waals surface area contributed by atoms with Crippen molar-refractivity contribution >= 4 is 5.97 Å². The highest BCUT2D eigenvalue weighted by atomic mass is 16.5. The summed E-state index contributed by atoms with van der Waals surface area (Å²) in [6.45, 7) is 20.6. The van der Waals surface area contributed by atoms with Crippen LogP contribution in [0.3, 0.4) is 0 Å². The molecule has 4 aliphatic carbocycles. The molecule has 0 aromatic rings. The molecule has 9 unspecified atom stereocenters. The zero-order chi connectivity index (χ0) is 26.0. The van der Waals surface area contributed by atoms with Gasteiger partial charge in [-0.1, -0.05) is 53.2 Å². The molecule has 1 N–H and O–H groups in total. The van der Waals surface area contributed by atoms with E-state index in [1.165, 1.54) is 51.0 Å². The standard InChI is InChI=1S/C32H54O3/c1-21(2)11-10-12-22(3)24-15-17-31(9)25-16-18-32(34)26(29(25,7)19-20-30(24,31)8)13-14-27(28(32,5)6)35-23(4)33/h11,22,24-27,34H,10,12-20H2,1-9H3. The van der Waals surface area contributed by atoms with Gasteiger partial charge in [-0.3, -0.25) is 4.79 Å². The number of allylic oxidation sites excluding steroid dienone is 2. The lowest BCUT2D eigenvalue weighted by Gasteiger charge is -2.70. The van der Waals surface area contributed by atoms with Crippen LogP contribution in [0.5, 0.6) is 0 Å². The van der Waals surface area contributed by atoms with E-state index in [1.54, 1.807) is 0 Å². The van der Waals surface area contributed by atoms with Crippen LogP contribution in [0.2, 0.25) is 0 Å². The molecule has 0 amide bonds. The van der Waals surface area contributed by atoms with Gasteiger partial charge in [0.2, 0.25) is 0 Å². The number of aliphatic hydroxyl groups is 1. The van der Waals surface area contributed by atoms with Gasteiger partial charge in [0, 0.05) is 12.3 Å². The zero-order valence-electron chi connectivity index (χ0n) is 24.3. The molecule has 0 aromatic heterocycles. The van der Waals surface area contributed by atoms with Gasteiger partial charge in [-0.05, 0) is 118 Å². The maximum Gasteiger partial charge on any atom is 0.302 e. The number of hydrogen-bond acceptors (Lipinski definition) is 3. The highest BCUT2D eigenvalue weighted by Gasteiger charge is 2.72. The van der Waals surface area contributed by atoms with Gasteiger partial charge in [-0.2, -0.15) is 0 Å². The molecule has 0 saturated heterocycles. The van der Waals surface area contributed by atoms with Crippen molar-refractivity contribution in [2.75, 3.05) is 0 Å². The third-order valence-electron chi connectivity index (χ3n) is 12.8. The summed E-state index contributed by atoms with van der Waals surface area (Å²) in [7, 11) is 0. The predicted octanol–water partition coefficient (Wildman–Crippen LogP) is 8.10. The topological polar surface area (TPSA) is 46.5 Å². The van der Waals surface area contributed by atoms with Gasteiger partial charge in [0.05, 0.1) is 5.60 Å². The van der Waals surface area contributed by atoms with Crippen molar-refractivity contribution in [1.29, 1.82) is 0 Å². The molecule has 4 saturated carbocycles. The smallest absolute Gasteiger partial charge is 0.302 e. The average molecular weight is 487 g/mol. The number of hydrogen-bond donors (Lipinski definition) is 1. The minimum Gasteiger partial charge on any atom is -0.462 e. The summed E-state index contributed by atoms with van der Waals surface area (Å²) in [5.74, 6) is 2.29. The lowest BCUT2D eigenvalue weighted by molar-refractivity contribution is -0.276. The first-order chi connectivity index (χ1) is 16.1. The Kier molecular flexibility index (Phi) is 6.91. The van der Waals surface area contributed by atoms with Crippen molar-refractivity contribution in [2.24, 2.45) is 45.3 Å². The number of carbonyl (C=O) groups excluding carboxylic acids is 1. The van der Waals surface area contributed by atoms with Crippen molar-refractivity contribution in [3.05, 3.63) is 11.6 Å². The van der Waals surface area contributed by atoms with E-state index in [4.69, 9.17) is 4.74 Å². The molecule has 3 heteroatoms. The maximum atomic E-state index is 12.4. The Balaban J connectivity index is 1.61. The van der Waals surface area contributed by atoms with E-state index in [1.807, 2.05) is 0 Å². The number of esters is 1. The van der Waals surface area contributed by atoms with Crippen molar-refractivity contribution < 1.29 is 14.6 Å². The Bertz CT molecular complexity index is 855. The van der Waals surface area contributed by atoms with E-state index >= 15 is 0 Å². The van der Waals surface area contributed by atoms with Crippen LogP contribution in [0, 0.1) is 45.3 Å². The van der Waals surface area contributed by atoms with Gasteiger partial charge in [-0.15, -0.1) is 0 Å². The fourth-order valence-corrected chi connectivity index (χ4v) is 10.6. The number of ether oxygens (including phenoxy) is 1. The maximum absolute atomic E-state index is 12.4. The van der Waals surface area contributed by atoms with Crippen molar-refractivity contribution in [3.63, 3.8) is 0 Å². The summed E-state index contributed by atoms with van der Waals surface area (Å²) in [4.78, 5) is 11.8. The minimum atomic E-state index is -0.767. The summed E-state index contributed by atoms with van der Waals surface area (Å²) in [6.07, 6.45) is 13.7. The zero-order valence-corrected chi connectivity index (χ0v) is 24.3. The second-order valence-electron chi connectivity index (χ2n) is 14.8. The van der Waals surface area contributed by atoms with Gasteiger partial charge in [0.1, 0.15) is 6.10 Å². The molecule has 4 rings (SSSR count). The minimum absolute atomic E-state index is 0.153. The fourth-order valence-electron chi connectivity index (χ4n) is 10.6. The van der Waals surface area contributed by atoms with E-state index in [-0.39, 0.29) is 23.4 Å². The highest BCUT2D eigenvalue weighted by molar-refractivity contribution is 5.66. The van der Waals surface area contributed by atoms with Crippen molar-refractivity contribution in [1.82, 2.24) is 0 Å². The monoisotopic (exact) mass is 486 g/mol. The molecular weight excluding hydrogens is 432 g/mol. The van der Waals surface area contributed by atoms with Crippen molar-refractivity contribution in [2.45, 2.75) is 138 Å². The van der Waals surface area contributed by atoms with Gasteiger partial charge in [-0.25, -0.2) is 0 Å². The number of carbonyl (C=O) groups is 1. The number of fused-ring (bicyclic) bond motifs is 5. The first kappa shape index (κ1) is 27.2. The Morgan fingerprint density at radius 2 is 1.60 bits per heavy atom. The van der Waals surface area contributed by atoms with Crippen LogP contribution in [0.4, 0.5) is 0 Å². The summed E-state index contributed by atoms with van der Waals surface area (Å²) < 4.78 is 5.78. The van der Waals surface area contributed by atoms with E-state index in [0.717, 1.165) is 37.5 Å². The van der Waals surface area contributed by atoms with Gasteiger partial charge in [0.25, 0.3) is 0 Å². The third kappa shape index (κ3) is 3.88. The first-order valence-electron chi connectivity index (χ1n) is 14.7. The van der Waals surface area contributed by atoms with Crippen LogP contribution in [0.1, 0.15) is 127 Å². The molecule has 9 atom stereocenters. The second kappa shape index (κ2) is 8.88. The Hall–Kier alpha value is -0.830. The van der Waals surface area contributed by atoms with Crippen LogP contribution < -0.4 is 0 Å². The molecule has 0 aromatic carbocycles. The molecule has 4 fully saturated rings. The molecule has 4 aliphatic rings. The molecule has 0 radical (unpaired) electrons. The molecule has 200 valence electrons. The van der Waals surface area contributed by atoms with Gasteiger partial charge in [0.15, 0.2) is 0 Å². The van der Waals surface area contributed by atoms with Crippen LogP contribution in [0.15, 0.2) is 11.6 Å². The molecule has 0 spiro atoms. The molecule has 0 aliphatic heterocycles. The lowest BCUT2D eigenvalue weighted by atomic mass is 9.36. The Morgan fingerprint density at radius 1 is 0.914 bits per heavy atom. The predicted molar refractivity (Wildman–Crippen MR) is 144 cm³/mol. The SMILES string of the molecule is CC(=O)OC1CCC2C3(C)CCC4(C)C(C(C)CCC=C(C)C)CCC4(C)C3CCC2(O)C1(C)C. The second-order valence-corrected chi connectivity index (χ2v) is 14.8. The largest absolute Gasteiger partial charge is 0.462 e. The Labute approximate surface area is 215 Å². The molecule has 0 bridgehead atoms.